The first-order chi connectivity index (χ1) is 10.2. The Bertz CT molecular complexity index is 434. The Balaban J connectivity index is 1.94. The highest BCUT2D eigenvalue weighted by atomic mass is 16.5. The molecule has 0 radical (unpaired) electrons. The third kappa shape index (κ3) is 4.82. The highest BCUT2D eigenvalue weighted by Crippen LogP contribution is 2.21. The number of nitrogens with one attached hydrogen (secondary N) is 1. The smallest absolute Gasteiger partial charge is 0.224 e. The third-order valence-electron chi connectivity index (χ3n) is 3.58. The quantitative estimate of drug-likeness (QED) is 0.796. The minimum absolute atomic E-state index is 0.0950. The molecule has 0 amide bonds. The number of ether oxygens (including phenoxy) is 1. The van der Waals surface area contributed by atoms with E-state index in [-0.39, 0.29) is 12.7 Å². The molecule has 6 heteroatoms. The summed E-state index contributed by atoms with van der Waals surface area (Å²) in [5.41, 5.74) is 0.984. The summed E-state index contributed by atoms with van der Waals surface area (Å²) in [4.78, 5) is 11.3. The molecule has 21 heavy (non-hydrogen) atoms. The maximum Gasteiger partial charge on any atom is 0.224 e. The molecular formula is C15H26N4O2. The van der Waals surface area contributed by atoms with E-state index in [1.165, 1.54) is 0 Å². The molecule has 0 atom stereocenters. The molecule has 2 N–H and O–H groups in total. The molecule has 1 aromatic heterocycles. The standard InChI is InChI=1S/C15H26N4O2/c1-3-6-16-15-17-12(2)11-14(18-15)19-7-4-13(5-8-19)21-10-9-20/h11,13,20H,3-10H2,1-2H3,(H,16,17,18). The van der Waals surface area contributed by atoms with E-state index in [1.807, 2.05) is 13.0 Å². The van der Waals surface area contributed by atoms with Crippen LogP contribution in [-0.2, 0) is 4.74 Å². The molecule has 0 aliphatic carbocycles. The van der Waals surface area contributed by atoms with Gasteiger partial charge in [-0.3, -0.25) is 0 Å². The van der Waals surface area contributed by atoms with Gasteiger partial charge in [0.1, 0.15) is 5.82 Å². The first-order valence-electron chi connectivity index (χ1n) is 7.80. The Hall–Kier alpha value is -1.40. The highest BCUT2D eigenvalue weighted by molar-refractivity contribution is 5.45. The van der Waals surface area contributed by atoms with Crippen molar-refractivity contribution in [3.63, 3.8) is 0 Å². The van der Waals surface area contributed by atoms with Gasteiger partial charge in [0.2, 0.25) is 5.95 Å². The largest absolute Gasteiger partial charge is 0.394 e. The van der Waals surface area contributed by atoms with Crippen LogP contribution < -0.4 is 10.2 Å². The second-order valence-electron chi connectivity index (χ2n) is 5.40. The van der Waals surface area contributed by atoms with Crippen molar-refractivity contribution in [2.75, 3.05) is 43.1 Å². The van der Waals surface area contributed by atoms with Gasteiger partial charge in [-0.2, -0.15) is 4.98 Å². The number of nitrogens with zero attached hydrogens (tertiary/aromatic N) is 3. The Morgan fingerprint density at radius 1 is 1.38 bits per heavy atom. The lowest BCUT2D eigenvalue weighted by molar-refractivity contribution is 0.0158. The Morgan fingerprint density at radius 3 is 2.81 bits per heavy atom. The molecule has 0 aromatic carbocycles. The van der Waals surface area contributed by atoms with Gasteiger partial charge in [-0.15, -0.1) is 0 Å². The van der Waals surface area contributed by atoms with E-state index in [2.05, 4.69) is 27.1 Å². The fourth-order valence-corrected chi connectivity index (χ4v) is 2.50. The molecule has 6 nitrogen and oxygen atoms in total. The van der Waals surface area contributed by atoms with Crippen LogP contribution in [-0.4, -0.2) is 54.0 Å². The van der Waals surface area contributed by atoms with E-state index in [9.17, 15) is 0 Å². The Labute approximate surface area is 126 Å². The van der Waals surface area contributed by atoms with Gasteiger partial charge in [-0.25, -0.2) is 4.98 Å². The molecule has 2 rings (SSSR count). The van der Waals surface area contributed by atoms with Crippen molar-refractivity contribution in [2.45, 2.75) is 39.2 Å². The van der Waals surface area contributed by atoms with Crippen LogP contribution in [0.2, 0.25) is 0 Å². The minimum Gasteiger partial charge on any atom is -0.394 e. The zero-order valence-electron chi connectivity index (χ0n) is 13.0. The summed E-state index contributed by atoms with van der Waals surface area (Å²) in [5, 5.41) is 12.0. The van der Waals surface area contributed by atoms with Crippen LogP contribution in [0.3, 0.4) is 0 Å². The van der Waals surface area contributed by atoms with Gasteiger partial charge in [0.15, 0.2) is 0 Å². The van der Waals surface area contributed by atoms with Gasteiger partial charge >= 0.3 is 0 Å². The summed E-state index contributed by atoms with van der Waals surface area (Å²) in [7, 11) is 0. The van der Waals surface area contributed by atoms with Crippen LogP contribution in [0, 0.1) is 6.92 Å². The molecule has 118 valence electrons. The first kappa shape index (κ1) is 16.0. The van der Waals surface area contributed by atoms with Crippen molar-refractivity contribution in [3.05, 3.63) is 11.8 Å². The topological polar surface area (TPSA) is 70.5 Å². The predicted octanol–water partition coefficient (Wildman–Crippen LogP) is 1.58. The summed E-state index contributed by atoms with van der Waals surface area (Å²) in [6.45, 7) is 7.40. The summed E-state index contributed by atoms with van der Waals surface area (Å²) in [5.74, 6) is 1.70. The van der Waals surface area contributed by atoms with Crippen molar-refractivity contribution in [1.29, 1.82) is 0 Å². The van der Waals surface area contributed by atoms with Crippen LogP contribution in [0.1, 0.15) is 31.9 Å². The number of rotatable bonds is 7. The van der Waals surface area contributed by atoms with E-state index in [0.717, 1.165) is 50.4 Å². The van der Waals surface area contributed by atoms with Crippen molar-refractivity contribution in [3.8, 4) is 0 Å². The van der Waals surface area contributed by atoms with Gasteiger partial charge in [0.05, 0.1) is 19.3 Å². The lowest BCUT2D eigenvalue weighted by Gasteiger charge is -2.32. The normalized spacial score (nSPS) is 16.2. The molecule has 0 saturated carbocycles. The molecule has 0 bridgehead atoms. The molecule has 0 unspecified atom stereocenters. The average molecular weight is 294 g/mol. The lowest BCUT2D eigenvalue weighted by atomic mass is 10.1. The third-order valence-corrected chi connectivity index (χ3v) is 3.58. The Morgan fingerprint density at radius 2 is 2.14 bits per heavy atom. The van der Waals surface area contributed by atoms with E-state index in [1.54, 1.807) is 0 Å². The number of piperidine rings is 1. The molecule has 0 spiro atoms. The van der Waals surface area contributed by atoms with Crippen LogP contribution >= 0.6 is 0 Å². The fraction of sp³-hybridized carbons (Fsp3) is 0.733. The number of anilines is 2. The summed E-state index contributed by atoms with van der Waals surface area (Å²) in [6, 6.07) is 2.03. The minimum atomic E-state index is 0.0950. The molecule has 1 fully saturated rings. The maximum absolute atomic E-state index is 8.80. The monoisotopic (exact) mass is 294 g/mol. The van der Waals surface area contributed by atoms with Gasteiger partial charge in [0.25, 0.3) is 0 Å². The van der Waals surface area contributed by atoms with Gasteiger partial charge in [-0.1, -0.05) is 6.92 Å². The fourth-order valence-electron chi connectivity index (χ4n) is 2.50. The first-order valence-corrected chi connectivity index (χ1v) is 7.80. The van der Waals surface area contributed by atoms with E-state index in [4.69, 9.17) is 9.84 Å². The van der Waals surface area contributed by atoms with Gasteiger partial charge < -0.3 is 20.1 Å². The molecule has 2 heterocycles. The van der Waals surface area contributed by atoms with Crippen molar-refractivity contribution in [2.24, 2.45) is 0 Å². The van der Waals surface area contributed by atoms with E-state index >= 15 is 0 Å². The summed E-state index contributed by atoms with van der Waals surface area (Å²) >= 11 is 0. The Kier molecular flexibility index (Phi) is 6.20. The second kappa shape index (κ2) is 8.14. The summed E-state index contributed by atoms with van der Waals surface area (Å²) < 4.78 is 5.60. The number of aryl methyl sites for hydroxylation is 1. The maximum atomic E-state index is 8.80. The van der Waals surface area contributed by atoms with Crippen molar-refractivity contribution < 1.29 is 9.84 Å². The van der Waals surface area contributed by atoms with Gasteiger partial charge in [0, 0.05) is 31.4 Å². The van der Waals surface area contributed by atoms with Crippen LogP contribution in [0.25, 0.3) is 0 Å². The number of hydrogen-bond acceptors (Lipinski definition) is 6. The molecular weight excluding hydrogens is 268 g/mol. The molecule has 1 aliphatic rings. The van der Waals surface area contributed by atoms with Crippen LogP contribution in [0.4, 0.5) is 11.8 Å². The second-order valence-corrected chi connectivity index (χ2v) is 5.40. The molecule has 1 aromatic rings. The number of hydrogen-bond donors (Lipinski definition) is 2. The predicted molar refractivity (Wildman–Crippen MR) is 83.8 cm³/mol. The van der Waals surface area contributed by atoms with Crippen LogP contribution in [0.5, 0.6) is 0 Å². The zero-order valence-corrected chi connectivity index (χ0v) is 13.0. The van der Waals surface area contributed by atoms with Crippen molar-refractivity contribution in [1.82, 2.24) is 9.97 Å². The van der Waals surface area contributed by atoms with Crippen molar-refractivity contribution >= 4 is 11.8 Å². The highest BCUT2D eigenvalue weighted by Gasteiger charge is 2.21. The zero-order chi connectivity index (χ0) is 15.1. The SMILES string of the molecule is CCCNc1nc(C)cc(N2CCC(OCCO)CC2)n1. The average Bonchev–Trinajstić information content (AvgIpc) is 2.51. The number of aromatic nitrogens is 2. The van der Waals surface area contributed by atoms with Crippen LogP contribution in [0.15, 0.2) is 6.07 Å². The number of aliphatic hydroxyl groups excluding tert-OH is 1. The summed E-state index contributed by atoms with van der Waals surface area (Å²) in [6.07, 6.45) is 3.26. The number of aliphatic hydroxyl groups is 1. The van der Waals surface area contributed by atoms with Gasteiger partial charge in [-0.05, 0) is 26.2 Å². The molecule has 1 aliphatic heterocycles. The molecule has 1 saturated heterocycles. The van der Waals surface area contributed by atoms with E-state index < -0.39 is 0 Å². The lowest BCUT2D eigenvalue weighted by Crippen LogP contribution is -2.38. The van der Waals surface area contributed by atoms with E-state index in [0.29, 0.717) is 12.6 Å².